The van der Waals surface area contributed by atoms with Crippen LogP contribution in [-0.2, 0) is 19.5 Å². The van der Waals surface area contributed by atoms with Gasteiger partial charge in [-0.1, -0.05) is 0 Å². The summed E-state index contributed by atoms with van der Waals surface area (Å²) >= 11 is 0. The van der Waals surface area contributed by atoms with Gasteiger partial charge < -0.3 is 5.48 Å². The first-order valence-corrected chi connectivity index (χ1v) is 1.85. The molecule has 0 rings (SSSR count). The van der Waals surface area contributed by atoms with Gasteiger partial charge in [0.2, 0.25) is 0 Å². The minimum Gasteiger partial charge on any atom is -0.412 e. The van der Waals surface area contributed by atoms with Crippen molar-refractivity contribution in [1.29, 1.82) is 0 Å². The third-order valence-electron chi connectivity index (χ3n) is 0. The molecule has 40 valence electrons. The van der Waals surface area contributed by atoms with Crippen molar-refractivity contribution in [1.82, 2.24) is 0 Å². The third kappa shape index (κ3) is 293. The van der Waals surface area contributed by atoms with E-state index in [9.17, 15) is 0 Å². The molecule has 0 aromatic rings. The number of hydrogen-bond donors (Lipinski definition) is 0. The molecule has 0 aliphatic carbocycles. The van der Waals surface area contributed by atoms with Gasteiger partial charge in [0.05, 0.1) is 0 Å². The third-order valence-corrected chi connectivity index (χ3v) is 0. The Hall–Kier alpha value is 0.713. The number of halogens is 1. The van der Waals surface area contributed by atoms with E-state index in [0.717, 1.165) is 0 Å². The van der Waals surface area contributed by atoms with Crippen LogP contribution >= 0.6 is 0 Å². The second kappa shape index (κ2) is 4.86. The van der Waals surface area contributed by atoms with E-state index in [2.05, 4.69) is 0 Å². The van der Waals surface area contributed by atoms with E-state index in [4.69, 9.17) is 18.6 Å². The first-order chi connectivity index (χ1) is 2.00. The molecule has 0 bridgehead atoms. The Morgan fingerprint density at radius 3 is 0.857 bits per heavy atom. The van der Waals surface area contributed by atoms with Gasteiger partial charge in [-0.2, -0.15) is 0 Å². The fraction of sp³-hybridized carbons (Fsp3) is 0. The Labute approximate surface area is 54.4 Å². The van der Waals surface area contributed by atoms with Gasteiger partial charge in [0.25, 0.3) is 0 Å². The second-order valence-electron chi connectivity index (χ2n) is 0.378. The molecule has 5 nitrogen and oxygen atoms in total. The number of hydrogen-bond acceptors (Lipinski definition) is 4. The molecule has 0 fully saturated rings. The molecule has 0 heterocycles. The molecule has 0 aromatic carbocycles. The fourth-order valence-electron chi connectivity index (χ4n) is 0. The summed E-state index contributed by atoms with van der Waals surface area (Å²) in [5, 5.41) is 0. The van der Waals surface area contributed by atoms with E-state index in [-0.39, 0.29) is 25.0 Å². The Kier molecular flexibility index (Phi) is 10.9. The van der Waals surface area contributed by atoms with Gasteiger partial charge in [-0.05, 0) is 0 Å². The van der Waals surface area contributed by atoms with Crippen LogP contribution in [0.3, 0.4) is 0 Å². The zero-order chi connectivity index (χ0) is 4.50. The minimum atomic E-state index is -4.94. The molecule has 0 atom stereocenters. The van der Waals surface area contributed by atoms with Crippen molar-refractivity contribution in [3.05, 3.63) is 0 Å². The predicted molar refractivity (Wildman–Crippen MR) is 3.61 cm³/mol. The summed E-state index contributed by atoms with van der Waals surface area (Å²) in [4.78, 5) is 0. The monoisotopic (exact) mass is 181 g/mol. The molecular formula is H2ClO5Zn+. The molecule has 0 amide bonds. The van der Waals surface area contributed by atoms with Crippen LogP contribution in [0.15, 0.2) is 0 Å². The molecule has 2 N–H and O–H groups in total. The van der Waals surface area contributed by atoms with Gasteiger partial charge in [-0.25, -0.2) is 18.6 Å². The van der Waals surface area contributed by atoms with Gasteiger partial charge in [0, 0.05) is 0 Å². The molecule has 0 saturated heterocycles. The van der Waals surface area contributed by atoms with Crippen molar-refractivity contribution in [2.24, 2.45) is 0 Å². The van der Waals surface area contributed by atoms with Crippen LogP contribution in [0, 0.1) is 10.2 Å². The normalized spacial score (nSPS) is 8.57. The van der Waals surface area contributed by atoms with Crippen molar-refractivity contribution < 1.29 is 53.8 Å². The zero-order valence-corrected chi connectivity index (χ0v) is 6.94. The van der Waals surface area contributed by atoms with Gasteiger partial charge in [-0.3, -0.25) is 0 Å². The van der Waals surface area contributed by atoms with Gasteiger partial charge in [0.15, 0.2) is 0 Å². The summed E-state index contributed by atoms with van der Waals surface area (Å²) in [6.45, 7) is 0. The van der Waals surface area contributed by atoms with Crippen molar-refractivity contribution in [2.45, 2.75) is 0 Å². The minimum absolute atomic E-state index is 0. The molecule has 0 spiro atoms. The van der Waals surface area contributed by atoms with Crippen LogP contribution < -0.4 is 18.6 Å². The zero-order valence-electron chi connectivity index (χ0n) is 3.22. The van der Waals surface area contributed by atoms with E-state index in [0.29, 0.717) is 0 Å². The average Bonchev–Trinajstić information content (AvgIpc) is 0.722. The quantitative estimate of drug-likeness (QED) is 0.347. The van der Waals surface area contributed by atoms with Crippen LogP contribution in [0.4, 0.5) is 0 Å². The molecule has 7 heteroatoms. The Balaban J connectivity index is -0.0000000800. The van der Waals surface area contributed by atoms with Crippen LogP contribution in [-0.4, -0.2) is 5.48 Å². The van der Waals surface area contributed by atoms with Gasteiger partial charge in [0.1, 0.15) is 0 Å². The van der Waals surface area contributed by atoms with Crippen LogP contribution in [0.2, 0.25) is 0 Å². The summed E-state index contributed by atoms with van der Waals surface area (Å²) in [6.07, 6.45) is 0. The fourth-order valence-corrected chi connectivity index (χ4v) is 0. The first kappa shape index (κ1) is 15.6. The van der Waals surface area contributed by atoms with Crippen LogP contribution in [0.5, 0.6) is 0 Å². The maximum atomic E-state index is 8.49. The molecule has 0 aromatic heterocycles. The number of rotatable bonds is 0. The summed E-state index contributed by atoms with van der Waals surface area (Å²) in [6, 6.07) is 0. The van der Waals surface area contributed by atoms with Gasteiger partial charge in [-0.15, -0.1) is 10.2 Å². The summed E-state index contributed by atoms with van der Waals surface area (Å²) in [5.41, 5.74) is 0. The molecule has 0 saturated carbocycles. The second-order valence-corrected chi connectivity index (χ2v) is 1.13. The Morgan fingerprint density at radius 1 is 0.857 bits per heavy atom. The average molecular weight is 183 g/mol. The largest absolute Gasteiger partial charge is 2.00 e. The summed E-state index contributed by atoms with van der Waals surface area (Å²) < 4.78 is 34.0. The maximum absolute atomic E-state index is 8.49. The molecule has 0 unspecified atom stereocenters. The maximum Gasteiger partial charge on any atom is 2.00 e. The Bertz CT molecular complexity index is 23.6. The molecule has 0 aliphatic heterocycles. The van der Waals surface area contributed by atoms with Crippen LogP contribution in [0.1, 0.15) is 0 Å². The van der Waals surface area contributed by atoms with E-state index in [1.54, 1.807) is 0 Å². The first-order valence-electron chi connectivity index (χ1n) is 0.617. The predicted octanol–water partition coefficient (Wildman–Crippen LogP) is -5.58. The van der Waals surface area contributed by atoms with E-state index in [1.807, 2.05) is 0 Å². The van der Waals surface area contributed by atoms with Crippen molar-refractivity contribution in [2.75, 3.05) is 0 Å². The van der Waals surface area contributed by atoms with E-state index >= 15 is 0 Å². The SMILES string of the molecule is O.[O-][Cl+3]([O-])([O-])[O-].[Zn+2]. The summed E-state index contributed by atoms with van der Waals surface area (Å²) in [7, 11) is -4.94. The smallest absolute Gasteiger partial charge is 0.412 e. The van der Waals surface area contributed by atoms with Crippen molar-refractivity contribution in [3.63, 3.8) is 0 Å². The van der Waals surface area contributed by atoms with E-state index in [1.165, 1.54) is 0 Å². The molecule has 0 radical (unpaired) electrons. The van der Waals surface area contributed by atoms with Crippen molar-refractivity contribution >= 4 is 0 Å². The van der Waals surface area contributed by atoms with Crippen molar-refractivity contribution in [3.8, 4) is 0 Å². The molecule has 7 heavy (non-hydrogen) atoms. The van der Waals surface area contributed by atoms with Crippen LogP contribution in [0.25, 0.3) is 0 Å². The molecule has 0 aliphatic rings. The van der Waals surface area contributed by atoms with Gasteiger partial charge >= 0.3 is 19.5 Å². The summed E-state index contributed by atoms with van der Waals surface area (Å²) in [5.74, 6) is 0. The molecular weight excluding hydrogens is 181 g/mol. The van der Waals surface area contributed by atoms with E-state index < -0.39 is 10.2 Å². The standard InChI is InChI=1S/ClHO4.H2O.Zn/c2-1(3,4)5;;/h(H,2,3,4,5);1H2;/q;;+2/p-1. The topological polar surface area (TPSA) is 124 Å². The Morgan fingerprint density at radius 2 is 0.857 bits per heavy atom.